The van der Waals surface area contributed by atoms with Crippen LogP contribution < -0.4 is 10.1 Å². The van der Waals surface area contributed by atoms with E-state index in [-0.39, 0.29) is 12.3 Å². The highest BCUT2D eigenvalue weighted by molar-refractivity contribution is 6.32. The van der Waals surface area contributed by atoms with Gasteiger partial charge in [-0.15, -0.1) is 0 Å². The normalized spacial score (nSPS) is 11.7. The molecule has 1 atom stereocenters. The number of amides is 1. The maximum atomic E-state index is 11.0. The Labute approximate surface area is 110 Å². The Kier molecular flexibility index (Phi) is 4.97. The minimum atomic E-state index is -1.09. The van der Waals surface area contributed by atoms with Crippen molar-refractivity contribution in [2.24, 2.45) is 0 Å². The number of carbonyl (C=O) groups excluding carboxylic acids is 1. The summed E-state index contributed by atoms with van der Waals surface area (Å²) < 4.78 is 5.00. The molecular weight excluding hydrogens is 258 g/mol. The Morgan fingerprint density at radius 1 is 1.50 bits per heavy atom. The van der Waals surface area contributed by atoms with Gasteiger partial charge in [0.15, 0.2) is 0 Å². The summed E-state index contributed by atoms with van der Waals surface area (Å²) in [4.78, 5) is 21.9. The predicted octanol–water partition coefficient (Wildman–Crippen LogP) is 1.48. The summed E-state index contributed by atoms with van der Waals surface area (Å²) >= 11 is 5.94. The number of carboxylic acids is 1. The highest BCUT2D eigenvalue weighted by Crippen LogP contribution is 2.25. The van der Waals surface area contributed by atoms with Crippen LogP contribution in [-0.4, -0.2) is 30.1 Å². The first kappa shape index (κ1) is 14.3. The highest BCUT2D eigenvalue weighted by Gasteiger charge is 2.19. The van der Waals surface area contributed by atoms with Crippen molar-refractivity contribution in [1.29, 1.82) is 0 Å². The van der Waals surface area contributed by atoms with Crippen LogP contribution in [0, 0.1) is 0 Å². The lowest BCUT2D eigenvalue weighted by Crippen LogP contribution is -2.41. The smallest absolute Gasteiger partial charge is 0.326 e. The molecule has 1 amide bonds. The molecule has 0 saturated carbocycles. The van der Waals surface area contributed by atoms with Crippen LogP contribution in [0.3, 0.4) is 0 Å². The lowest BCUT2D eigenvalue weighted by molar-refractivity contribution is -0.141. The van der Waals surface area contributed by atoms with Gasteiger partial charge in [-0.2, -0.15) is 0 Å². The lowest BCUT2D eigenvalue weighted by Gasteiger charge is -2.14. The van der Waals surface area contributed by atoms with Crippen LogP contribution in [0.25, 0.3) is 0 Å². The van der Waals surface area contributed by atoms with Crippen molar-refractivity contribution in [3.8, 4) is 5.75 Å². The van der Waals surface area contributed by atoms with Crippen LogP contribution in [0.2, 0.25) is 5.02 Å². The van der Waals surface area contributed by atoms with Gasteiger partial charge in [0, 0.05) is 13.3 Å². The van der Waals surface area contributed by atoms with Crippen molar-refractivity contribution in [2.75, 3.05) is 7.11 Å². The van der Waals surface area contributed by atoms with Crippen molar-refractivity contribution < 1.29 is 19.4 Å². The van der Waals surface area contributed by atoms with E-state index in [1.807, 2.05) is 0 Å². The first-order valence-electron chi connectivity index (χ1n) is 5.26. The summed E-state index contributed by atoms with van der Waals surface area (Å²) in [5, 5.41) is 11.7. The number of ether oxygens (including phenoxy) is 1. The SMILES string of the molecule is COc1ccc(CC(NC(C)=O)C(=O)O)cc1Cl. The van der Waals surface area contributed by atoms with E-state index in [4.69, 9.17) is 21.4 Å². The van der Waals surface area contributed by atoms with E-state index in [9.17, 15) is 9.59 Å². The molecule has 1 rings (SSSR count). The monoisotopic (exact) mass is 271 g/mol. The average molecular weight is 272 g/mol. The zero-order valence-electron chi connectivity index (χ0n) is 10.1. The maximum absolute atomic E-state index is 11.0. The molecule has 0 radical (unpaired) electrons. The molecule has 0 heterocycles. The van der Waals surface area contributed by atoms with E-state index in [2.05, 4.69) is 5.32 Å². The first-order chi connectivity index (χ1) is 8.43. The molecule has 0 aliphatic carbocycles. The van der Waals surface area contributed by atoms with Crippen molar-refractivity contribution in [3.05, 3.63) is 28.8 Å². The molecule has 0 fully saturated rings. The second kappa shape index (κ2) is 6.26. The number of carbonyl (C=O) groups is 2. The van der Waals surface area contributed by atoms with Crippen LogP contribution in [-0.2, 0) is 16.0 Å². The van der Waals surface area contributed by atoms with Gasteiger partial charge in [-0.05, 0) is 17.7 Å². The molecule has 1 unspecified atom stereocenters. The third-order valence-electron chi connectivity index (χ3n) is 2.33. The third-order valence-corrected chi connectivity index (χ3v) is 2.63. The summed E-state index contributed by atoms with van der Waals surface area (Å²) in [6.45, 7) is 1.27. The van der Waals surface area contributed by atoms with E-state index in [1.165, 1.54) is 14.0 Å². The number of hydrogen-bond acceptors (Lipinski definition) is 3. The molecular formula is C12H14ClNO4. The van der Waals surface area contributed by atoms with E-state index < -0.39 is 12.0 Å². The molecule has 0 saturated heterocycles. The van der Waals surface area contributed by atoms with Gasteiger partial charge in [0.05, 0.1) is 12.1 Å². The molecule has 98 valence electrons. The van der Waals surface area contributed by atoms with Gasteiger partial charge in [0.2, 0.25) is 5.91 Å². The van der Waals surface area contributed by atoms with E-state index in [1.54, 1.807) is 18.2 Å². The Balaban J connectivity index is 2.84. The average Bonchev–Trinajstić information content (AvgIpc) is 2.27. The summed E-state index contributed by atoms with van der Waals surface area (Å²) in [7, 11) is 1.50. The fraction of sp³-hybridized carbons (Fsp3) is 0.333. The Hall–Kier alpha value is -1.75. The second-order valence-electron chi connectivity index (χ2n) is 3.76. The summed E-state index contributed by atoms with van der Waals surface area (Å²) in [6, 6.07) is 4.03. The summed E-state index contributed by atoms with van der Waals surface area (Å²) in [6.07, 6.45) is 0.165. The predicted molar refractivity (Wildman–Crippen MR) is 66.9 cm³/mol. The van der Waals surface area contributed by atoms with Crippen molar-refractivity contribution in [3.63, 3.8) is 0 Å². The second-order valence-corrected chi connectivity index (χ2v) is 4.17. The number of aliphatic carboxylic acids is 1. The summed E-state index contributed by atoms with van der Waals surface area (Å²) in [5.41, 5.74) is 0.710. The van der Waals surface area contributed by atoms with E-state index >= 15 is 0 Å². The number of nitrogens with one attached hydrogen (secondary N) is 1. The molecule has 0 aliphatic heterocycles. The van der Waals surface area contributed by atoms with Gasteiger partial charge in [0.25, 0.3) is 0 Å². The van der Waals surface area contributed by atoms with Crippen LogP contribution in [0.4, 0.5) is 0 Å². The molecule has 0 aliphatic rings. The molecule has 0 bridgehead atoms. The maximum Gasteiger partial charge on any atom is 0.326 e. The van der Waals surface area contributed by atoms with Gasteiger partial charge in [-0.3, -0.25) is 4.79 Å². The topological polar surface area (TPSA) is 75.6 Å². The largest absolute Gasteiger partial charge is 0.495 e. The molecule has 5 nitrogen and oxygen atoms in total. The fourth-order valence-corrected chi connectivity index (χ4v) is 1.80. The van der Waals surface area contributed by atoms with Crippen LogP contribution in [0.5, 0.6) is 5.75 Å². The third kappa shape index (κ3) is 3.92. The van der Waals surface area contributed by atoms with Crippen molar-refractivity contribution in [1.82, 2.24) is 5.32 Å². The number of benzene rings is 1. The molecule has 1 aromatic rings. The van der Waals surface area contributed by atoms with Crippen LogP contribution in [0.1, 0.15) is 12.5 Å². The van der Waals surface area contributed by atoms with Crippen molar-refractivity contribution >= 4 is 23.5 Å². The van der Waals surface area contributed by atoms with E-state index in [0.29, 0.717) is 16.3 Å². The highest BCUT2D eigenvalue weighted by atomic mass is 35.5. The van der Waals surface area contributed by atoms with Crippen LogP contribution >= 0.6 is 11.6 Å². The molecule has 2 N–H and O–H groups in total. The molecule has 1 aromatic carbocycles. The van der Waals surface area contributed by atoms with Gasteiger partial charge in [-0.25, -0.2) is 4.79 Å². The molecule has 18 heavy (non-hydrogen) atoms. The minimum Gasteiger partial charge on any atom is -0.495 e. The Morgan fingerprint density at radius 2 is 2.17 bits per heavy atom. The van der Waals surface area contributed by atoms with Crippen LogP contribution in [0.15, 0.2) is 18.2 Å². The quantitative estimate of drug-likeness (QED) is 0.851. The number of carboxylic acid groups (broad SMARTS) is 1. The zero-order chi connectivity index (χ0) is 13.7. The van der Waals surface area contributed by atoms with Gasteiger partial charge in [0.1, 0.15) is 11.8 Å². The number of halogens is 1. The zero-order valence-corrected chi connectivity index (χ0v) is 10.8. The fourth-order valence-electron chi connectivity index (χ4n) is 1.52. The van der Waals surface area contributed by atoms with Gasteiger partial charge >= 0.3 is 5.97 Å². The minimum absolute atomic E-state index is 0.165. The summed E-state index contributed by atoms with van der Waals surface area (Å²) in [5.74, 6) is -0.953. The molecule has 6 heteroatoms. The first-order valence-corrected chi connectivity index (χ1v) is 5.64. The van der Waals surface area contributed by atoms with E-state index in [0.717, 1.165) is 0 Å². The molecule has 0 spiro atoms. The standard InChI is InChI=1S/C12H14ClNO4/c1-7(15)14-10(12(16)17)6-8-3-4-11(18-2)9(13)5-8/h3-5,10H,6H2,1-2H3,(H,14,15)(H,16,17). The lowest BCUT2D eigenvalue weighted by atomic mass is 10.1. The number of methoxy groups -OCH3 is 1. The molecule has 0 aromatic heterocycles. The van der Waals surface area contributed by atoms with Gasteiger partial charge in [-0.1, -0.05) is 17.7 Å². The Bertz CT molecular complexity index is 461. The van der Waals surface area contributed by atoms with Gasteiger partial charge < -0.3 is 15.2 Å². The van der Waals surface area contributed by atoms with Crippen molar-refractivity contribution in [2.45, 2.75) is 19.4 Å². The Morgan fingerprint density at radius 3 is 2.61 bits per heavy atom. The number of rotatable bonds is 5. The number of hydrogen-bond donors (Lipinski definition) is 2.